The van der Waals surface area contributed by atoms with E-state index in [-0.39, 0.29) is 37.6 Å². The molecule has 2 rings (SSSR count). The number of anilines is 2. The molecule has 0 aromatic heterocycles. The minimum Gasteiger partial charge on any atom is -0.454 e. The van der Waals surface area contributed by atoms with E-state index in [1.54, 1.807) is 19.2 Å². The number of halogens is 1. The summed E-state index contributed by atoms with van der Waals surface area (Å²) < 4.78 is 10.4. The monoisotopic (exact) mass is 301 g/mol. The first-order valence-electron chi connectivity index (χ1n) is 5.68. The minimum atomic E-state index is -0.330. The fourth-order valence-corrected chi connectivity index (χ4v) is 1.58. The first-order valence-corrected chi connectivity index (χ1v) is 5.68. The molecule has 7 nitrogen and oxygen atoms in total. The first kappa shape index (κ1) is 15.9. The molecule has 0 spiro atoms. The molecule has 110 valence electrons. The normalized spacial score (nSPS) is 11.5. The second kappa shape index (κ2) is 6.33. The number of amides is 2. The van der Waals surface area contributed by atoms with Crippen molar-refractivity contribution in [2.45, 2.75) is 6.92 Å². The van der Waals surface area contributed by atoms with Crippen molar-refractivity contribution in [3.63, 3.8) is 0 Å². The van der Waals surface area contributed by atoms with Crippen molar-refractivity contribution in [1.82, 2.24) is 4.90 Å². The molecule has 20 heavy (non-hydrogen) atoms. The number of nitrogens with zero attached hydrogens (tertiary/aromatic N) is 1. The molecule has 8 heteroatoms. The molecule has 3 N–H and O–H groups in total. The van der Waals surface area contributed by atoms with E-state index in [2.05, 4.69) is 5.32 Å². The summed E-state index contributed by atoms with van der Waals surface area (Å²) in [6.07, 6.45) is 0. The fourth-order valence-electron chi connectivity index (χ4n) is 1.58. The summed E-state index contributed by atoms with van der Waals surface area (Å²) in [5.74, 6) is 0.567. The predicted octanol–water partition coefficient (Wildman–Crippen LogP) is 0.836. The number of nitrogens with one attached hydrogen (secondary N) is 1. The standard InChI is InChI=1S/C12H15N3O4.ClH/c1-7(16)15(2)5-12(17)14-9-4-11-10(3-8(9)13)18-6-19-11;/h3-4H,5-6,13H2,1-2H3,(H,14,17);1H. The van der Waals surface area contributed by atoms with Gasteiger partial charge in [-0.1, -0.05) is 0 Å². The summed E-state index contributed by atoms with van der Waals surface area (Å²) in [4.78, 5) is 24.1. The van der Waals surface area contributed by atoms with Crippen LogP contribution in [-0.2, 0) is 9.59 Å². The average Bonchev–Trinajstić information content (AvgIpc) is 2.76. The maximum Gasteiger partial charge on any atom is 0.244 e. The highest BCUT2D eigenvalue weighted by Crippen LogP contribution is 2.38. The van der Waals surface area contributed by atoms with Crippen LogP contribution in [0.5, 0.6) is 11.5 Å². The summed E-state index contributed by atoms with van der Waals surface area (Å²) in [5, 5.41) is 2.63. The van der Waals surface area contributed by atoms with Gasteiger partial charge in [0.25, 0.3) is 0 Å². The molecule has 2 amide bonds. The SMILES string of the molecule is CC(=O)N(C)CC(=O)Nc1cc2c(cc1N)OCO2.Cl. The van der Waals surface area contributed by atoms with Crippen LogP contribution in [0.4, 0.5) is 11.4 Å². The molecule has 0 aliphatic carbocycles. The van der Waals surface area contributed by atoms with Crippen LogP contribution >= 0.6 is 12.4 Å². The zero-order valence-corrected chi connectivity index (χ0v) is 12.0. The zero-order valence-electron chi connectivity index (χ0n) is 11.1. The lowest BCUT2D eigenvalue weighted by Gasteiger charge is -2.15. The van der Waals surface area contributed by atoms with E-state index >= 15 is 0 Å². The Bertz CT molecular complexity index is 536. The number of carbonyl (C=O) groups excluding carboxylic acids is 2. The first-order chi connectivity index (χ1) is 8.97. The van der Waals surface area contributed by atoms with E-state index in [1.165, 1.54) is 11.8 Å². The Kier molecular flexibility index (Phi) is 5.04. The van der Waals surface area contributed by atoms with Crippen molar-refractivity contribution in [3.05, 3.63) is 12.1 Å². The molecule has 0 saturated carbocycles. The predicted molar refractivity (Wildman–Crippen MR) is 76.2 cm³/mol. The van der Waals surface area contributed by atoms with Gasteiger partial charge in [0, 0.05) is 26.1 Å². The largest absolute Gasteiger partial charge is 0.454 e. The molecule has 0 saturated heterocycles. The third-order valence-electron chi connectivity index (χ3n) is 2.74. The van der Waals surface area contributed by atoms with Crippen LogP contribution in [0.2, 0.25) is 0 Å². The summed E-state index contributed by atoms with van der Waals surface area (Å²) in [6, 6.07) is 3.19. The second-order valence-corrected chi connectivity index (χ2v) is 4.22. The van der Waals surface area contributed by atoms with Crippen molar-refractivity contribution in [2.24, 2.45) is 0 Å². The minimum absolute atomic E-state index is 0. The number of nitrogens with two attached hydrogens (primary N) is 1. The van der Waals surface area contributed by atoms with Gasteiger partial charge in [0.15, 0.2) is 11.5 Å². The summed E-state index contributed by atoms with van der Waals surface area (Å²) >= 11 is 0. The van der Waals surface area contributed by atoms with Crippen molar-refractivity contribution < 1.29 is 19.1 Å². The van der Waals surface area contributed by atoms with E-state index in [0.29, 0.717) is 22.9 Å². The number of hydrogen-bond donors (Lipinski definition) is 2. The Morgan fingerprint density at radius 1 is 1.35 bits per heavy atom. The van der Waals surface area contributed by atoms with Gasteiger partial charge in [-0.2, -0.15) is 0 Å². The molecule has 1 aliphatic rings. The van der Waals surface area contributed by atoms with Gasteiger partial charge < -0.3 is 25.4 Å². The number of benzene rings is 1. The van der Waals surface area contributed by atoms with Crippen LogP contribution in [0.25, 0.3) is 0 Å². The highest BCUT2D eigenvalue weighted by molar-refractivity contribution is 5.97. The average molecular weight is 302 g/mol. The molecule has 1 aromatic rings. The van der Waals surface area contributed by atoms with Gasteiger partial charge in [-0.3, -0.25) is 9.59 Å². The maximum absolute atomic E-state index is 11.7. The molecule has 0 unspecified atom stereocenters. The topological polar surface area (TPSA) is 93.9 Å². The molecule has 0 bridgehead atoms. The number of nitrogen functional groups attached to an aromatic ring is 1. The quantitative estimate of drug-likeness (QED) is 0.807. The summed E-state index contributed by atoms with van der Waals surface area (Å²) in [7, 11) is 1.55. The molecule has 1 aliphatic heterocycles. The van der Waals surface area contributed by atoms with E-state index in [1.807, 2.05) is 0 Å². The molecular formula is C12H16ClN3O4. The molecular weight excluding hydrogens is 286 g/mol. The van der Waals surface area contributed by atoms with E-state index < -0.39 is 0 Å². The lowest BCUT2D eigenvalue weighted by molar-refractivity contribution is -0.131. The summed E-state index contributed by atoms with van der Waals surface area (Å²) in [5.41, 5.74) is 6.62. The Hall–Kier alpha value is -2.15. The number of hydrogen-bond acceptors (Lipinski definition) is 5. The highest BCUT2D eigenvalue weighted by atomic mass is 35.5. The Morgan fingerprint density at radius 3 is 2.55 bits per heavy atom. The molecule has 1 aromatic carbocycles. The lowest BCUT2D eigenvalue weighted by Crippen LogP contribution is -2.33. The smallest absolute Gasteiger partial charge is 0.244 e. The molecule has 1 heterocycles. The van der Waals surface area contributed by atoms with E-state index in [4.69, 9.17) is 15.2 Å². The summed E-state index contributed by atoms with van der Waals surface area (Å²) in [6.45, 7) is 1.49. The van der Waals surface area contributed by atoms with Crippen molar-refractivity contribution in [1.29, 1.82) is 0 Å². The number of fused-ring (bicyclic) bond motifs is 1. The van der Waals surface area contributed by atoms with Gasteiger partial charge in [0.2, 0.25) is 18.6 Å². The Morgan fingerprint density at radius 2 is 1.95 bits per heavy atom. The van der Waals surface area contributed by atoms with Gasteiger partial charge >= 0.3 is 0 Å². The Labute approximate surface area is 122 Å². The van der Waals surface area contributed by atoms with Gasteiger partial charge in [0.05, 0.1) is 17.9 Å². The van der Waals surface area contributed by atoms with E-state index in [9.17, 15) is 9.59 Å². The van der Waals surface area contributed by atoms with Crippen molar-refractivity contribution in [3.8, 4) is 11.5 Å². The molecule has 0 atom stereocenters. The van der Waals surface area contributed by atoms with Crippen LogP contribution < -0.4 is 20.5 Å². The third kappa shape index (κ3) is 3.45. The van der Waals surface area contributed by atoms with Crippen LogP contribution in [0.15, 0.2) is 12.1 Å². The number of carbonyl (C=O) groups is 2. The second-order valence-electron chi connectivity index (χ2n) is 4.22. The zero-order chi connectivity index (χ0) is 14.0. The molecule has 0 fully saturated rings. The van der Waals surface area contributed by atoms with E-state index in [0.717, 1.165) is 0 Å². The fraction of sp³-hybridized carbons (Fsp3) is 0.333. The lowest BCUT2D eigenvalue weighted by atomic mass is 10.2. The number of likely N-dealkylation sites (N-methyl/N-ethyl adjacent to an activating group) is 1. The van der Waals surface area contributed by atoms with Crippen LogP contribution in [-0.4, -0.2) is 37.1 Å². The van der Waals surface area contributed by atoms with Crippen LogP contribution in [0.1, 0.15) is 6.92 Å². The highest BCUT2D eigenvalue weighted by Gasteiger charge is 2.17. The van der Waals surface area contributed by atoms with Crippen molar-refractivity contribution >= 4 is 35.6 Å². The Balaban J connectivity index is 0.00000200. The number of ether oxygens (including phenoxy) is 2. The molecule has 0 radical (unpaired) electrons. The third-order valence-corrected chi connectivity index (χ3v) is 2.74. The van der Waals surface area contributed by atoms with Gasteiger partial charge in [-0.25, -0.2) is 0 Å². The number of rotatable bonds is 3. The van der Waals surface area contributed by atoms with Crippen LogP contribution in [0, 0.1) is 0 Å². The van der Waals surface area contributed by atoms with Gasteiger partial charge in [0.1, 0.15) is 0 Å². The van der Waals surface area contributed by atoms with Crippen LogP contribution in [0.3, 0.4) is 0 Å². The van der Waals surface area contributed by atoms with Gasteiger partial charge in [-0.05, 0) is 0 Å². The van der Waals surface area contributed by atoms with Gasteiger partial charge in [-0.15, -0.1) is 12.4 Å². The maximum atomic E-state index is 11.7. The van der Waals surface area contributed by atoms with Crippen molar-refractivity contribution in [2.75, 3.05) is 31.4 Å².